The Morgan fingerprint density at radius 1 is 1.00 bits per heavy atom. The largest absolute Gasteiger partial charge is 0.606 e. The van der Waals surface area contributed by atoms with Gasteiger partial charge in [0.15, 0.2) is 9.79 Å². The highest BCUT2D eigenvalue weighted by Crippen LogP contribution is 2.45. The van der Waals surface area contributed by atoms with Crippen LogP contribution in [0.25, 0.3) is 0 Å². The van der Waals surface area contributed by atoms with Gasteiger partial charge in [-0.3, -0.25) is 0 Å². The Labute approximate surface area is 115 Å². The SMILES string of the molecule is CC(C)c1ccc2c(c1)Sc1ccccc1[S+]2[O-]. The summed E-state index contributed by atoms with van der Waals surface area (Å²) in [4.78, 5) is 4.14. The van der Waals surface area contributed by atoms with Gasteiger partial charge in [-0.05, 0) is 35.7 Å². The van der Waals surface area contributed by atoms with Crippen LogP contribution in [0.15, 0.2) is 62.0 Å². The molecule has 0 bridgehead atoms. The van der Waals surface area contributed by atoms with Crippen molar-refractivity contribution in [3.63, 3.8) is 0 Å². The fourth-order valence-electron chi connectivity index (χ4n) is 2.04. The molecule has 0 saturated heterocycles. The van der Waals surface area contributed by atoms with E-state index in [0.717, 1.165) is 19.6 Å². The Bertz CT molecular complexity index is 593. The molecule has 92 valence electrons. The van der Waals surface area contributed by atoms with Gasteiger partial charge in [-0.15, -0.1) is 0 Å². The molecule has 0 saturated carbocycles. The predicted molar refractivity (Wildman–Crippen MR) is 75.8 cm³/mol. The van der Waals surface area contributed by atoms with Gasteiger partial charge < -0.3 is 4.55 Å². The van der Waals surface area contributed by atoms with Crippen molar-refractivity contribution in [3.05, 3.63) is 48.0 Å². The van der Waals surface area contributed by atoms with Crippen LogP contribution < -0.4 is 0 Å². The second-order valence-corrected chi connectivity index (χ2v) is 7.18. The van der Waals surface area contributed by atoms with Crippen LogP contribution in [0.5, 0.6) is 0 Å². The van der Waals surface area contributed by atoms with Crippen molar-refractivity contribution >= 4 is 22.9 Å². The van der Waals surface area contributed by atoms with Crippen molar-refractivity contribution in [2.24, 2.45) is 0 Å². The highest BCUT2D eigenvalue weighted by molar-refractivity contribution is 8.02. The topological polar surface area (TPSA) is 23.1 Å². The minimum Gasteiger partial charge on any atom is -0.606 e. The summed E-state index contributed by atoms with van der Waals surface area (Å²) in [5.74, 6) is 0.501. The van der Waals surface area contributed by atoms with Crippen molar-refractivity contribution < 1.29 is 4.55 Å². The third-order valence-corrected chi connectivity index (χ3v) is 6.01. The molecule has 1 unspecified atom stereocenters. The molecule has 0 spiro atoms. The smallest absolute Gasteiger partial charge is 0.172 e. The van der Waals surface area contributed by atoms with Gasteiger partial charge in [0, 0.05) is 11.2 Å². The van der Waals surface area contributed by atoms with Crippen LogP contribution in [0.3, 0.4) is 0 Å². The van der Waals surface area contributed by atoms with E-state index in [0.29, 0.717) is 5.92 Å². The maximum Gasteiger partial charge on any atom is 0.172 e. The minimum atomic E-state index is -1.03. The van der Waals surface area contributed by atoms with E-state index < -0.39 is 11.2 Å². The lowest BCUT2D eigenvalue weighted by molar-refractivity contribution is 0.589. The van der Waals surface area contributed by atoms with E-state index in [1.54, 1.807) is 11.8 Å². The van der Waals surface area contributed by atoms with Crippen molar-refractivity contribution in [1.82, 2.24) is 0 Å². The summed E-state index contributed by atoms with van der Waals surface area (Å²) in [5, 5.41) is 0. The molecule has 0 amide bonds. The molecular weight excluding hydrogens is 260 g/mol. The molecule has 0 fully saturated rings. The number of hydrogen-bond donors (Lipinski definition) is 0. The average molecular weight is 274 g/mol. The first-order valence-electron chi connectivity index (χ1n) is 5.99. The molecule has 1 nitrogen and oxygen atoms in total. The third kappa shape index (κ3) is 1.96. The van der Waals surface area contributed by atoms with E-state index >= 15 is 0 Å². The Morgan fingerprint density at radius 3 is 2.50 bits per heavy atom. The van der Waals surface area contributed by atoms with Crippen LogP contribution in [-0.4, -0.2) is 4.55 Å². The molecular formula is C15H14OS2. The van der Waals surface area contributed by atoms with E-state index in [1.165, 1.54) is 5.56 Å². The summed E-state index contributed by atoms with van der Waals surface area (Å²) >= 11 is 0.692. The standard InChI is InChI=1S/C15H14OS2/c1-10(2)11-7-8-15-13(9-11)17-12-5-3-4-6-14(12)18(15)16/h3-10H,1-2H3. The van der Waals surface area contributed by atoms with Gasteiger partial charge in [-0.25, -0.2) is 0 Å². The molecule has 1 atom stereocenters. The van der Waals surface area contributed by atoms with Crippen molar-refractivity contribution in [2.45, 2.75) is 39.3 Å². The van der Waals surface area contributed by atoms with Crippen LogP contribution in [0.1, 0.15) is 25.3 Å². The fourth-order valence-corrected chi connectivity index (χ4v) is 4.78. The second-order valence-electron chi connectivity index (χ2n) is 4.68. The predicted octanol–water partition coefficient (Wildman–Crippen LogP) is 4.44. The maximum atomic E-state index is 12.5. The first-order chi connectivity index (χ1) is 8.66. The lowest BCUT2D eigenvalue weighted by atomic mass is 10.0. The van der Waals surface area contributed by atoms with Crippen LogP contribution in [0, 0.1) is 0 Å². The summed E-state index contributed by atoms with van der Waals surface area (Å²) in [7, 11) is 0. The highest BCUT2D eigenvalue weighted by Gasteiger charge is 2.29. The van der Waals surface area contributed by atoms with Gasteiger partial charge in [-0.1, -0.05) is 43.8 Å². The van der Waals surface area contributed by atoms with Crippen LogP contribution in [-0.2, 0) is 11.2 Å². The van der Waals surface area contributed by atoms with Gasteiger partial charge >= 0.3 is 0 Å². The lowest BCUT2D eigenvalue weighted by Crippen LogP contribution is -2.09. The van der Waals surface area contributed by atoms with Crippen molar-refractivity contribution in [1.29, 1.82) is 0 Å². The van der Waals surface area contributed by atoms with E-state index in [2.05, 4.69) is 26.0 Å². The molecule has 1 heterocycles. The Kier molecular flexibility index (Phi) is 3.14. The zero-order valence-electron chi connectivity index (χ0n) is 10.3. The quantitative estimate of drug-likeness (QED) is 0.717. The monoisotopic (exact) mass is 274 g/mol. The summed E-state index contributed by atoms with van der Waals surface area (Å²) in [5.41, 5.74) is 1.30. The molecule has 1 aliphatic rings. The molecule has 1 aliphatic heterocycles. The summed E-state index contributed by atoms with van der Waals surface area (Å²) in [6.07, 6.45) is 0. The molecule has 0 aliphatic carbocycles. The molecule has 3 rings (SSSR count). The fraction of sp³-hybridized carbons (Fsp3) is 0.200. The Hall–Kier alpha value is -0.900. The number of fused-ring (bicyclic) bond motifs is 2. The molecule has 18 heavy (non-hydrogen) atoms. The summed E-state index contributed by atoms with van der Waals surface area (Å²) in [6, 6.07) is 14.2. The van der Waals surface area contributed by atoms with Crippen molar-refractivity contribution in [2.75, 3.05) is 0 Å². The van der Waals surface area contributed by atoms with E-state index in [4.69, 9.17) is 0 Å². The van der Waals surface area contributed by atoms with Crippen molar-refractivity contribution in [3.8, 4) is 0 Å². The average Bonchev–Trinajstić information content (AvgIpc) is 2.38. The first-order valence-corrected chi connectivity index (χ1v) is 7.96. The zero-order valence-corrected chi connectivity index (χ0v) is 12.0. The first kappa shape index (κ1) is 12.2. The Balaban J connectivity index is 2.10. The third-order valence-electron chi connectivity index (χ3n) is 3.10. The van der Waals surface area contributed by atoms with Crippen LogP contribution >= 0.6 is 11.8 Å². The Morgan fingerprint density at radius 2 is 1.72 bits per heavy atom. The summed E-state index contributed by atoms with van der Waals surface area (Å²) in [6.45, 7) is 4.36. The molecule has 3 heteroatoms. The minimum absolute atomic E-state index is 0.501. The molecule has 0 N–H and O–H groups in total. The van der Waals surface area contributed by atoms with Crippen LogP contribution in [0.2, 0.25) is 0 Å². The van der Waals surface area contributed by atoms with Gasteiger partial charge in [0.1, 0.15) is 0 Å². The number of benzene rings is 2. The highest BCUT2D eigenvalue weighted by atomic mass is 32.2. The summed E-state index contributed by atoms with van der Waals surface area (Å²) < 4.78 is 12.5. The molecule has 0 radical (unpaired) electrons. The van der Waals surface area contributed by atoms with Gasteiger partial charge in [0.25, 0.3) is 0 Å². The zero-order chi connectivity index (χ0) is 12.7. The van der Waals surface area contributed by atoms with Gasteiger partial charge in [-0.2, -0.15) is 0 Å². The molecule has 2 aromatic rings. The second kappa shape index (κ2) is 4.65. The van der Waals surface area contributed by atoms with Crippen LogP contribution in [0.4, 0.5) is 0 Å². The number of rotatable bonds is 1. The van der Waals surface area contributed by atoms with Gasteiger partial charge in [0.2, 0.25) is 0 Å². The molecule has 2 aromatic carbocycles. The van der Waals surface area contributed by atoms with E-state index in [9.17, 15) is 4.55 Å². The maximum absolute atomic E-state index is 12.5. The van der Waals surface area contributed by atoms with E-state index in [-0.39, 0.29) is 0 Å². The lowest BCUT2D eigenvalue weighted by Gasteiger charge is -2.21. The normalized spacial score (nSPS) is 17.4. The number of hydrogen-bond acceptors (Lipinski definition) is 2. The van der Waals surface area contributed by atoms with Gasteiger partial charge in [0.05, 0.1) is 9.79 Å². The van der Waals surface area contributed by atoms with E-state index in [1.807, 2.05) is 30.3 Å². The molecule has 0 aromatic heterocycles.